The van der Waals surface area contributed by atoms with Crippen LogP contribution in [0.4, 0.5) is 17.3 Å². The van der Waals surface area contributed by atoms with E-state index in [0.717, 1.165) is 66.2 Å². The van der Waals surface area contributed by atoms with Crippen molar-refractivity contribution in [2.75, 3.05) is 35.2 Å². The highest BCUT2D eigenvalue weighted by Crippen LogP contribution is 2.43. The van der Waals surface area contributed by atoms with Crippen molar-refractivity contribution in [3.63, 3.8) is 0 Å². The fourth-order valence-electron chi connectivity index (χ4n) is 6.46. The number of nitrogens with zero attached hydrogens (tertiary/aromatic N) is 5. The molecule has 0 bridgehead atoms. The van der Waals surface area contributed by atoms with Gasteiger partial charge in [-0.15, -0.1) is 0 Å². The lowest BCUT2D eigenvalue weighted by atomic mass is 9.77. The number of alkyl halides is 1. The Morgan fingerprint density at radius 3 is 2.48 bits per heavy atom. The number of amides is 2. The molecule has 238 valence electrons. The normalized spacial score (nSPS) is 15.8. The number of aromatic nitrogens is 3. The van der Waals surface area contributed by atoms with Crippen molar-refractivity contribution in [3.05, 3.63) is 84.3 Å². The van der Waals surface area contributed by atoms with Crippen LogP contribution < -0.4 is 10.2 Å². The summed E-state index contributed by atoms with van der Waals surface area (Å²) in [5.41, 5.74) is 4.98. The lowest BCUT2D eigenvalue weighted by Crippen LogP contribution is -2.44. The maximum atomic E-state index is 13.3. The molecule has 0 radical (unpaired) electrons. The highest BCUT2D eigenvalue weighted by atomic mass is 79.9. The number of hydrogen-bond donors (Lipinski definition) is 1. The van der Waals surface area contributed by atoms with Crippen molar-refractivity contribution in [2.45, 2.75) is 51.4 Å². The molecule has 1 spiro atoms. The van der Waals surface area contributed by atoms with Gasteiger partial charge in [-0.05, 0) is 48.9 Å². The number of rotatable bonds is 11. The largest absolute Gasteiger partial charge is 0.343 e. The Labute approximate surface area is 283 Å². The third-order valence-electron chi connectivity index (χ3n) is 9.05. The number of pyridine rings is 1. The SMILES string of the molecule is O=C(CCCCCCBr)N1CCC2(CC1)CC(=O)N(c1cncc(Nc3ncc(Cl)c(-c4cccc(-c5ccccc5)c4)n3)c1)C2. The van der Waals surface area contributed by atoms with E-state index in [0.29, 0.717) is 54.8 Å². The molecule has 0 saturated carbocycles. The van der Waals surface area contributed by atoms with E-state index in [-0.39, 0.29) is 17.2 Å². The average Bonchev–Trinajstić information content (AvgIpc) is 3.41. The number of carbonyl (C=O) groups is 2. The maximum Gasteiger partial charge on any atom is 0.227 e. The van der Waals surface area contributed by atoms with Crippen LogP contribution in [0.3, 0.4) is 0 Å². The van der Waals surface area contributed by atoms with E-state index in [1.165, 1.54) is 0 Å². The summed E-state index contributed by atoms with van der Waals surface area (Å²) in [6.07, 6.45) is 12.1. The Kier molecular flexibility index (Phi) is 10.3. The maximum absolute atomic E-state index is 13.3. The molecule has 2 saturated heterocycles. The number of nitrogens with one attached hydrogen (secondary N) is 1. The Morgan fingerprint density at radius 2 is 1.67 bits per heavy atom. The summed E-state index contributed by atoms with van der Waals surface area (Å²) >= 11 is 10.0. The van der Waals surface area contributed by atoms with E-state index in [1.807, 2.05) is 46.2 Å². The summed E-state index contributed by atoms with van der Waals surface area (Å²) in [4.78, 5) is 43.5. The smallest absolute Gasteiger partial charge is 0.227 e. The van der Waals surface area contributed by atoms with Gasteiger partial charge in [0.25, 0.3) is 0 Å². The van der Waals surface area contributed by atoms with Crippen LogP contribution >= 0.6 is 27.5 Å². The second-order valence-electron chi connectivity index (χ2n) is 12.3. The molecule has 4 aromatic rings. The molecule has 2 aromatic carbocycles. The highest BCUT2D eigenvalue weighted by molar-refractivity contribution is 9.09. The Bertz CT molecular complexity index is 1680. The van der Waals surface area contributed by atoms with Crippen LogP contribution in [-0.2, 0) is 9.59 Å². The third-order valence-corrected chi connectivity index (χ3v) is 9.89. The Hall–Kier alpha value is -3.82. The molecule has 10 heteroatoms. The summed E-state index contributed by atoms with van der Waals surface area (Å²) in [6.45, 7) is 2.06. The predicted molar refractivity (Wildman–Crippen MR) is 188 cm³/mol. The van der Waals surface area contributed by atoms with E-state index in [9.17, 15) is 9.59 Å². The van der Waals surface area contributed by atoms with Crippen molar-refractivity contribution in [1.29, 1.82) is 0 Å². The molecular weight excluding hydrogens is 664 g/mol. The number of likely N-dealkylation sites (tertiary alicyclic amines) is 1. The van der Waals surface area contributed by atoms with Gasteiger partial charge in [0, 0.05) is 48.8 Å². The van der Waals surface area contributed by atoms with E-state index in [2.05, 4.69) is 55.5 Å². The average molecular weight is 702 g/mol. The third kappa shape index (κ3) is 7.58. The fourth-order valence-corrected chi connectivity index (χ4v) is 7.05. The molecule has 0 atom stereocenters. The predicted octanol–water partition coefficient (Wildman–Crippen LogP) is 8.29. The monoisotopic (exact) mass is 700 g/mol. The molecule has 4 heterocycles. The molecule has 2 aliphatic rings. The van der Waals surface area contributed by atoms with Crippen molar-refractivity contribution in [3.8, 4) is 22.4 Å². The molecule has 6 rings (SSSR count). The van der Waals surface area contributed by atoms with Crippen LogP contribution in [0.2, 0.25) is 5.02 Å². The van der Waals surface area contributed by atoms with Gasteiger partial charge in [-0.2, -0.15) is 0 Å². The molecule has 46 heavy (non-hydrogen) atoms. The van der Waals surface area contributed by atoms with Crippen molar-refractivity contribution < 1.29 is 9.59 Å². The first-order valence-corrected chi connectivity index (χ1v) is 17.5. The van der Waals surface area contributed by atoms with E-state index in [4.69, 9.17) is 16.6 Å². The highest BCUT2D eigenvalue weighted by Gasteiger charge is 2.46. The van der Waals surface area contributed by atoms with Crippen LogP contribution in [0.5, 0.6) is 0 Å². The lowest BCUT2D eigenvalue weighted by Gasteiger charge is -2.38. The number of halogens is 2. The number of anilines is 3. The summed E-state index contributed by atoms with van der Waals surface area (Å²) in [5.74, 6) is 0.719. The second-order valence-corrected chi connectivity index (χ2v) is 13.5. The minimum Gasteiger partial charge on any atom is -0.343 e. The zero-order valence-corrected chi connectivity index (χ0v) is 28.1. The minimum atomic E-state index is -0.115. The number of unbranched alkanes of at least 4 members (excludes halogenated alkanes) is 3. The van der Waals surface area contributed by atoms with Gasteiger partial charge in [0.2, 0.25) is 17.8 Å². The summed E-state index contributed by atoms with van der Waals surface area (Å²) in [5, 5.41) is 4.73. The van der Waals surface area contributed by atoms with E-state index < -0.39 is 0 Å². The van der Waals surface area contributed by atoms with Crippen LogP contribution in [0.25, 0.3) is 22.4 Å². The molecule has 8 nitrogen and oxygen atoms in total. The number of carbonyl (C=O) groups excluding carboxylic acids is 2. The first kappa shape index (κ1) is 32.1. The van der Waals surface area contributed by atoms with Crippen molar-refractivity contribution in [1.82, 2.24) is 19.9 Å². The first-order chi connectivity index (χ1) is 22.4. The van der Waals surface area contributed by atoms with Gasteiger partial charge in [-0.3, -0.25) is 14.6 Å². The van der Waals surface area contributed by atoms with Gasteiger partial charge in [0.15, 0.2) is 0 Å². The number of benzene rings is 2. The van der Waals surface area contributed by atoms with Crippen LogP contribution in [0.1, 0.15) is 51.4 Å². The van der Waals surface area contributed by atoms with E-state index >= 15 is 0 Å². The zero-order valence-electron chi connectivity index (χ0n) is 25.8. The second kappa shape index (κ2) is 14.7. The first-order valence-electron chi connectivity index (χ1n) is 16.0. The summed E-state index contributed by atoms with van der Waals surface area (Å²) in [7, 11) is 0. The molecule has 2 aromatic heterocycles. The van der Waals surface area contributed by atoms with Gasteiger partial charge in [0.1, 0.15) is 0 Å². The molecule has 0 aliphatic carbocycles. The lowest BCUT2D eigenvalue weighted by molar-refractivity contribution is -0.133. The molecule has 2 aliphatic heterocycles. The Morgan fingerprint density at radius 1 is 0.913 bits per heavy atom. The molecule has 2 amide bonds. The van der Waals surface area contributed by atoms with Crippen molar-refractivity contribution in [2.24, 2.45) is 5.41 Å². The van der Waals surface area contributed by atoms with Gasteiger partial charge in [-0.1, -0.05) is 88.9 Å². The van der Waals surface area contributed by atoms with Crippen LogP contribution in [0.15, 0.2) is 79.3 Å². The molecule has 0 unspecified atom stereocenters. The van der Waals surface area contributed by atoms with Gasteiger partial charge >= 0.3 is 0 Å². The minimum absolute atomic E-state index is 0.0915. The molecule has 2 fully saturated rings. The van der Waals surface area contributed by atoms with E-state index in [1.54, 1.807) is 18.6 Å². The molecule has 1 N–H and O–H groups in total. The standard InChI is InChI=1S/C36H38BrClN6O2/c37-16-7-2-1-6-13-32(45)43-17-14-36(15-18-43)21-33(46)44(25-36)30-20-29(22-39-23-30)41-35-40-24-31(38)34(42-35)28-12-8-11-27(19-28)26-9-4-3-5-10-26/h3-5,8-12,19-20,22-24H,1-2,6-7,13-18,21,25H2,(H,40,41,42). The van der Waals surface area contributed by atoms with Gasteiger partial charge in [0.05, 0.1) is 40.7 Å². The van der Waals surface area contributed by atoms with Crippen molar-refractivity contribution >= 4 is 56.7 Å². The number of hydrogen-bond acceptors (Lipinski definition) is 6. The van der Waals surface area contributed by atoms with Gasteiger partial charge < -0.3 is 15.1 Å². The Balaban J connectivity index is 1.10. The van der Waals surface area contributed by atoms with Crippen LogP contribution in [-0.4, -0.2) is 56.6 Å². The topological polar surface area (TPSA) is 91.3 Å². The summed E-state index contributed by atoms with van der Waals surface area (Å²) < 4.78 is 0. The number of piperidine rings is 1. The molecular formula is C36H38BrClN6O2. The summed E-state index contributed by atoms with van der Waals surface area (Å²) in [6, 6.07) is 20.2. The van der Waals surface area contributed by atoms with Crippen LogP contribution in [0, 0.1) is 5.41 Å². The fraction of sp³-hybridized carbons (Fsp3) is 0.361. The quantitative estimate of drug-likeness (QED) is 0.125. The zero-order chi connectivity index (χ0) is 31.9. The van der Waals surface area contributed by atoms with Gasteiger partial charge in [-0.25, -0.2) is 9.97 Å².